The lowest BCUT2D eigenvalue weighted by molar-refractivity contribution is 0.0827. The summed E-state index contributed by atoms with van der Waals surface area (Å²) in [5, 5.41) is 0. The summed E-state index contributed by atoms with van der Waals surface area (Å²) in [6, 6.07) is 6.28. The number of nitrogens with zero attached hydrogens (tertiary/aromatic N) is 3. The summed E-state index contributed by atoms with van der Waals surface area (Å²) in [5.74, 6) is -0.0143. The molecule has 5 nitrogen and oxygen atoms in total. The van der Waals surface area contributed by atoms with Gasteiger partial charge in [-0.15, -0.1) is 0 Å². The molecule has 1 aliphatic rings. The quantitative estimate of drug-likeness (QED) is 0.857. The van der Waals surface area contributed by atoms with Gasteiger partial charge in [-0.3, -0.25) is 4.79 Å². The lowest BCUT2D eigenvalue weighted by Crippen LogP contribution is -2.42. The summed E-state index contributed by atoms with van der Waals surface area (Å²) in [5.41, 5.74) is 8.53. The molecule has 2 rings (SSSR count). The van der Waals surface area contributed by atoms with Crippen LogP contribution in [0.4, 0.5) is 11.4 Å². The van der Waals surface area contributed by atoms with Gasteiger partial charge in [0.15, 0.2) is 0 Å². The smallest absolute Gasteiger partial charge is 0.253 e. The zero-order valence-corrected chi connectivity index (χ0v) is 13.5. The molecule has 1 aromatic rings. The molecule has 0 spiro atoms. The van der Waals surface area contributed by atoms with Gasteiger partial charge in [-0.05, 0) is 45.1 Å². The van der Waals surface area contributed by atoms with Crippen LogP contribution in [0.2, 0.25) is 0 Å². The van der Waals surface area contributed by atoms with Crippen molar-refractivity contribution >= 4 is 17.3 Å². The Morgan fingerprint density at radius 1 is 1.19 bits per heavy atom. The Bertz CT molecular complexity index is 505. The predicted octanol–water partition coefficient (Wildman–Crippen LogP) is 1.50. The summed E-state index contributed by atoms with van der Waals surface area (Å²) in [6.45, 7) is 2.02. The van der Waals surface area contributed by atoms with E-state index in [9.17, 15) is 4.79 Å². The highest BCUT2D eigenvalue weighted by Gasteiger charge is 2.22. The van der Waals surface area contributed by atoms with E-state index in [1.807, 2.05) is 12.1 Å². The zero-order chi connectivity index (χ0) is 15.6. The van der Waals surface area contributed by atoms with E-state index >= 15 is 0 Å². The number of benzene rings is 1. The maximum atomic E-state index is 12.0. The van der Waals surface area contributed by atoms with Crippen LogP contribution < -0.4 is 10.6 Å². The van der Waals surface area contributed by atoms with Crippen molar-refractivity contribution in [3.8, 4) is 0 Å². The standard InChI is InChI=1S/C16H26N4O/c1-18(2)13-7-9-20(10-8-13)15-6-5-12(11-14(15)17)16(21)19(3)4/h5-6,11,13H,7-10,17H2,1-4H3. The second kappa shape index (κ2) is 6.35. The second-order valence-electron chi connectivity index (χ2n) is 6.16. The van der Waals surface area contributed by atoms with Gasteiger partial charge in [-0.25, -0.2) is 0 Å². The van der Waals surface area contributed by atoms with E-state index in [1.165, 1.54) is 0 Å². The number of nitrogen functional groups attached to an aromatic ring is 1. The molecule has 5 heteroatoms. The highest BCUT2D eigenvalue weighted by molar-refractivity contribution is 5.95. The molecule has 1 amide bonds. The first-order valence-electron chi connectivity index (χ1n) is 7.42. The predicted molar refractivity (Wildman–Crippen MR) is 87.8 cm³/mol. The highest BCUT2D eigenvalue weighted by atomic mass is 16.2. The minimum Gasteiger partial charge on any atom is -0.397 e. The summed E-state index contributed by atoms with van der Waals surface area (Å²) < 4.78 is 0. The minimum absolute atomic E-state index is 0.0143. The molecule has 0 unspecified atom stereocenters. The largest absolute Gasteiger partial charge is 0.397 e. The monoisotopic (exact) mass is 290 g/mol. The molecule has 0 saturated carbocycles. The van der Waals surface area contributed by atoms with Crippen LogP contribution in [0.3, 0.4) is 0 Å². The van der Waals surface area contributed by atoms with Gasteiger partial charge < -0.3 is 20.4 Å². The van der Waals surface area contributed by atoms with Crippen molar-refractivity contribution in [2.75, 3.05) is 51.9 Å². The Balaban J connectivity index is 2.10. The molecule has 1 heterocycles. The molecule has 1 aromatic carbocycles. The number of carbonyl (C=O) groups excluding carboxylic acids is 1. The Kier molecular flexibility index (Phi) is 4.73. The van der Waals surface area contributed by atoms with Crippen LogP contribution in [0.15, 0.2) is 18.2 Å². The number of carbonyl (C=O) groups is 1. The van der Waals surface area contributed by atoms with E-state index in [0.717, 1.165) is 31.6 Å². The summed E-state index contributed by atoms with van der Waals surface area (Å²) in [4.78, 5) is 18.1. The third-order valence-electron chi connectivity index (χ3n) is 4.22. The number of hydrogen-bond donors (Lipinski definition) is 1. The van der Waals surface area contributed by atoms with Gasteiger partial charge in [0.2, 0.25) is 0 Å². The van der Waals surface area contributed by atoms with Crippen LogP contribution in [-0.2, 0) is 0 Å². The van der Waals surface area contributed by atoms with Crippen molar-refractivity contribution in [3.63, 3.8) is 0 Å². The molecule has 0 radical (unpaired) electrons. The van der Waals surface area contributed by atoms with Crippen molar-refractivity contribution < 1.29 is 4.79 Å². The first-order valence-corrected chi connectivity index (χ1v) is 7.42. The van der Waals surface area contributed by atoms with E-state index in [2.05, 4.69) is 23.9 Å². The Morgan fingerprint density at radius 3 is 2.29 bits per heavy atom. The van der Waals surface area contributed by atoms with Crippen molar-refractivity contribution in [1.82, 2.24) is 9.80 Å². The average molecular weight is 290 g/mol. The van der Waals surface area contributed by atoms with Crippen LogP contribution in [-0.4, -0.2) is 63.0 Å². The number of hydrogen-bond acceptors (Lipinski definition) is 4. The Hall–Kier alpha value is -1.75. The minimum atomic E-state index is -0.0143. The molecule has 2 N–H and O–H groups in total. The summed E-state index contributed by atoms with van der Waals surface area (Å²) in [6.07, 6.45) is 2.29. The van der Waals surface area contributed by atoms with Gasteiger partial charge in [0, 0.05) is 38.8 Å². The second-order valence-corrected chi connectivity index (χ2v) is 6.16. The van der Waals surface area contributed by atoms with Crippen LogP contribution in [0, 0.1) is 0 Å². The van der Waals surface area contributed by atoms with Crippen LogP contribution in [0.1, 0.15) is 23.2 Å². The SMILES string of the molecule is CN(C)C(=O)c1ccc(N2CCC(N(C)C)CC2)c(N)c1. The molecular formula is C16H26N4O. The molecule has 1 saturated heterocycles. The molecule has 0 bridgehead atoms. The molecule has 0 aromatic heterocycles. The third-order valence-corrected chi connectivity index (χ3v) is 4.22. The maximum absolute atomic E-state index is 12.0. The zero-order valence-electron chi connectivity index (χ0n) is 13.5. The maximum Gasteiger partial charge on any atom is 0.253 e. The highest BCUT2D eigenvalue weighted by Crippen LogP contribution is 2.28. The van der Waals surface area contributed by atoms with Gasteiger partial charge in [-0.1, -0.05) is 0 Å². The third kappa shape index (κ3) is 3.47. The van der Waals surface area contributed by atoms with Crippen LogP contribution in [0.25, 0.3) is 0 Å². The number of piperidine rings is 1. The number of nitrogens with two attached hydrogens (primary N) is 1. The molecule has 1 aliphatic heterocycles. The van der Waals surface area contributed by atoms with E-state index in [0.29, 0.717) is 17.3 Å². The van der Waals surface area contributed by atoms with E-state index in [-0.39, 0.29) is 5.91 Å². The normalized spacial score (nSPS) is 16.3. The number of amides is 1. The average Bonchev–Trinajstić information content (AvgIpc) is 2.46. The Morgan fingerprint density at radius 2 is 1.81 bits per heavy atom. The van der Waals surface area contributed by atoms with Gasteiger partial charge in [0.05, 0.1) is 11.4 Å². The Labute approximate surface area is 127 Å². The van der Waals surface area contributed by atoms with Crippen molar-refractivity contribution in [1.29, 1.82) is 0 Å². The van der Waals surface area contributed by atoms with E-state index in [1.54, 1.807) is 25.1 Å². The molecular weight excluding hydrogens is 264 g/mol. The summed E-state index contributed by atoms with van der Waals surface area (Å²) >= 11 is 0. The van der Waals surface area contributed by atoms with Gasteiger partial charge in [0.1, 0.15) is 0 Å². The van der Waals surface area contributed by atoms with Gasteiger partial charge >= 0.3 is 0 Å². The molecule has 116 valence electrons. The fourth-order valence-electron chi connectivity index (χ4n) is 2.86. The van der Waals surface area contributed by atoms with Crippen molar-refractivity contribution in [2.24, 2.45) is 0 Å². The van der Waals surface area contributed by atoms with Crippen molar-refractivity contribution in [2.45, 2.75) is 18.9 Å². The van der Waals surface area contributed by atoms with E-state index in [4.69, 9.17) is 5.73 Å². The van der Waals surface area contributed by atoms with E-state index < -0.39 is 0 Å². The number of rotatable bonds is 3. The van der Waals surface area contributed by atoms with Crippen LogP contribution >= 0.6 is 0 Å². The topological polar surface area (TPSA) is 52.8 Å². The molecule has 0 aliphatic carbocycles. The molecule has 1 fully saturated rings. The first-order chi connectivity index (χ1) is 9.90. The lowest BCUT2D eigenvalue weighted by Gasteiger charge is -2.37. The van der Waals surface area contributed by atoms with Crippen molar-refractivity contribution in [3.05, 3.63) is 23.8 Å². The molecule has 21 heavy (non-hydrogen) atoms. The fraction of sp³-hybridized carbons (Fsp3) is 0.562. The van der Waals surface area contributed by atoms with Gasteiger partial charge in [0.25, 0.3) is 5.91 Å². The summed E-state index contributed by atoms with van der Waals surface area (Å²) in [7, 11) is 7.77. The fourth-order valence-corrected chi connectivity index (χ4v) is 2.86. The van der Waals surface area contributed by atoms with Crippen LogP contribution in [0.5, 0.6) is 0 Å². The van der Waals surface area contributed by atoms with Gasteiger partial charge in [-0.2, -0.15) is 0 Å². The number of anilines is 2. The molecule has 0 atom stereocenters. The lowest BCUT2D eigenvalue weighted by atomic mass is 10.0. The first kappa shape index (κ1) is 15.6.